The van der Waals surface area contributed by atoms with Crippen LogP contribution in [0.25, 0.3) is 0 Å². The number of ether oxygens (including phenoxy) is 2. The van der Waals surface area contributed by atoms with Gasteiger partial charge in [0.1, 0.15) is 5.75 Å². The maximum absolute atomic E-state index is 14.1. The van der Waals surface area contributed by atoms with E-state index in [0.29, 0.717) is 0 Å². The number of β-lactam (4-membered cyclic amide) rings is 1. The average Bonchev–Trinajstić information content (AvgIpc) is 3.08. The third-order valence-electron chi connectivity index (χ3n) is 4.82. The largest absolute Gasteiger partial charge is 0.448 e. The van der Waals surface area contributed by atoms with E-state index in [9.17, 15) is 36.6 Å². The van der Waals surface area contributed by atoms with E-state index >= 15 is 0 Å². The molecule has 1 N–H and O–H groups in total. The molecule has 13 heteroatoms. The van der Waals surface area contributed by atoms with Gasteiger partial charge in [0.15, 0.2) is 40.3 Å². The molecule has 1 fully saturated rings. The molecule has 0 aromatic heterocycles. The van der Waals surface area contributed by atoms with E-state index in [1.165, 1.54) is 36.1 Å². The molecule has 2 aromatic carbocycles. The summed E-state index contributed by atoms with van der Waals surface area (Å²) in [6, 6.07) is 5.03. The zero-order valence-electron chi connectivity index (χ0n) is 16.9. The molecular formula is C21H12F5NO5S2. The van der Waals surface area contributed by atoms with Gasteiger partial charge in [0.05, 0.1) is 22.2 Å². The molecule has 2 aliphatic heterocycles. The average molecular weight is 517 g/mol. The Labute approximate surface area is 197 Å². The molecule has 0 bridgehead atoms. The van der Waals surface area contributed by atoms with Gasteiger partial charge < -0.3 is 14.6 Å². The maximum Gasteiger partial charge on any atom is 0.361 e. The lowest BCUT2D eigenvalue weighted by molar-refractivity contribution is -0.165. The second-order valence-electron chi connectivity index (χ2n) is 7.08. The van der Waals surface area contributed by atoms with Gasteiger partial charge in [-0.2, -0.15) is 0 Å². The summed E-state index contributed by atoms with van der Waals surface area (Å²) in [6.45, 7) is 1.21. The van der Waals surface area contributed by atoms with Crippen molar-refractivity contribution in [3.05, 3.63) is 75.3 Å². The number of carbonyl (C=O) groups is 2. The van der Waals surface area contributed by atoms with E-state index in [1.54, 1.807) is 0 Å². The Morgan fingerprint density at radius 1 is 1.09 bits per heavy atom. The van der Waals surface area contributed by atoms with Crippen LogP contribution in [0.2, 0.25) is 0 Å². The minimum Gasteiger partial charge on any atom is -0.448 e. The van der Waals surface area contributed by atoms with Crippen molar-refractivity contribution in [1.82, 2.24) is 4.90 Å². The van der Waals surface area contributed by atoms with Gasteiger partial charge >= 0.3 is 5.97 Å². The summed E-state index contributed by atoms with van der Waals surface area (Å²) in [4.78, 5) is 24.8. The molecule has 4 rings (SSSR count). The lowest BCUT2D eigenvalue weighted by Gasteiger charge is -2.33. The number of aliphatic hydroxyl groups is 1. The van der Waals surface area contributed by atoms with Crippen LogP contribution in [0.5, 0.6) is 5.75 Å². The highest BCUT2D eigenvalue weighted by molar-refractivity contribution is 8.03. The number of hydrogen-bond donors (Lipinski definition) is 1. The molecule has 0 saturated carbocycles. The molecule has 0 unspecified atom stereocenters. The van der Waals surface area contributed by atoms with Crippen molar-refractivity contribution in [3.63, 3.8) is 0 Å². The van der Waals surface area contributed by atoms with Crippen LogP contribution < -0.4 is 4.74 Å². The predicted octanol–water partition coefficient (Wildman–Crippen LogP) is 3.88. The fourth-order valence-electron chi connectivity index (χ4n) is 3.22. The van der Waals surface area contributed by atoms with Crippen molar-refractivity contribution >= 4 is 40.7 Å². The van der Waals surface area contributed by atoms with Crippen LogP contribution in [0.4, 0.5) is 22.0 Å². The third kappa shape index (κ3) is 4.03. The van der Waals surface area contributed by atoms with Gasteiger partial charge in [-0.3, -0.25) is 9.69 Å². The topological polar surface area (TPSA) is 76.1 Å². The zero-order valence-corrected chi connectivity index (χ0v) is 18.5. The number of esters is 1. The molecule has 1 saturated heterocycles. The van der Waals surface area contributed by atoms with Gasteiger partial charge in [0.2, 0.25) is 11.7 Å². The summed E-state index contributed by atoms with van der Waals surface area (Å²) in [5.41, 5.74) is -1.46. The molecule has 0 radical (unpaired) electrons. The van der Waals surface area contributed by atoms with Crippen LogP contribution in [0.3, 0.4) is 0 Å². The molecule has 2 aliphatic rings. The number of halogens is 5. The zero-order chi connectivity index (χ0) is 24.9. The number of thiocarbonyl (C=S) groups is 1. The Morgan fingerprint density at radius 2 is 1.65 bits per heavy atom. The summed E-state index contributed by atoms with van der Waals surface area (Å²) < 4.78 is 78.9. The van der Waals surface area contributed by atoms with Gasteiger partial charge in [-0.05, 0) is 36.8 Å². The highest BCUT2D eigenvalue weighted by Gasteiger charge is 2.50. The summed E-state index contributed by atoms with van der Waals surface area (Å²) in [5.74, 6) is -11.8. The van der Waals surface area contributed by atoms with Gasteiger partial charge in [-0.1, -0.05) is 24.0 Å². The smallest absolute Gasteiger partial charge is 0.361 e. The minimum atomic E-state index is -2.29. The molecule has 6 nitrogen and oxygen atoms in total. The number of carbonyl (C=O) groups excluding carboxylic acids is 2. The Kier molecular flexibility index (Phi) is 6.36. The summed E-state index contributed by atoms with van der Waals surface area (Å²) in [7, 11) is 0. The monoisotopic (exact) mass is 517 g/mol. The number of rotatable bonds is 6. The first-order chi connectivity index (χ1) is 16.0. The Balaban J connectivity index is 1.61. The lowest BCUT2D eigenvalue weighted by Crippen LogP contribution is -2.48. The van der Waals surface area contributed by atoms with Crippen LogP contribution in [-0.4, -0.2) is 38.4 Å². The first-order valence-electron chi connectivity index (χ1n) is 9.47. The van der Waals surface area contributed by atoms with Crippen molar-refractivity contribution in [2.45, 2.75) is 25.0 Å². The fraction of sp³-hybridized carbons (Fsp3) is 0.190. The molecule has 0 spiro atoms. The van der Waals surface area contributed by atoms with Crippen LogP contribution in [0.15, 0.2) is 35.1 Å². The van der Waals surface area contributed by atoms with E-state index in [-0.39, 0.29) is 39.8 Å². The maximum atomic E-state index is 14.1. The van der Waals surface area contributed by atoms with Crippen molar-refractivity contribution in [3.8, 4) is 5.75 Å². The predicted molar refractivity (Wildman–Crippen MR) is 112 cm³/mol. The van der Waals surface area contributed by atoms with E-state index in [1.807, 2.05) is 0 Å². The summed E-state index contributed by atoms with van der Waals surface area (Å²) in [5, 5.41) is 8.96. The summed E-state index contributed by atoms with van der Waals surface area (Å²) in [6.07, 6.45) is -1.26. The second kappa shape index (κ2) is 8.96. The normalized spacial score (nSPS) is 17.9. The minimum absolute atomic E-state index is 0.0246. The van der Waals surface area contributed by atoms with Crippen molar-refractivity contribution in [1.29, 1.82) is 0 Å². The quantitative estimate of drug-likeness (QED) is 0.0911. The Morgan fingerprint density at radius 3 is 2.18 bits per heavy atom. The van der Waals surface area contributed by atoms with Crippen molar-refractivity contribution in [2.24, 2.45) is 0 Å². The van der Waals surface area contributed by atoms with Gasteiger partial charge in [-0.25, -0.2) is 26.7 Å². The molecule has 178 valence electrons. The van der Waals surface area contributed by atoms with E-state index in [4.69, 9.17) is 21.7 Å². The Hall–Kier alpha value is -3.03. The first-order valence-corrected chi connectivity index (χ1v) is 10.8. The molecule has 0 aliphatic carbocycles. The van der Waals surface area contributed by atoms with E-state index in [2.05, 4.69) is 0 Å². The number of fused-ring (bicyclic) bond motifs is 1. The Bertz CT molecular complexity index is 1240. The summed E-state index contributed by atoms with van der Waals surface area (Å²) >= 11 is 6.01. The first kappa shape index (κ1) is 24.1. The highest BCUT2D eigenvalue weighted by atomic mass is 32.2. The number of hydrogen-bond acceptors (Lipinski definition) is 7. The van der Waals surface area contributed by atoms with Crippen LogP contribution in [-0.2, 0) is 14.3 Å². The van der Waals surface area contributed by atoms with Gasteiger partial charge in [-0.15, -0.1) is 0 Å². The van der Waals surface area contributed by atoms with E-state index in [0.717, 1.165) is 11.8 Å². The standard InChI is InChI=1S/C21H12F5NO5S2/c1-7(28)31-20(30)18-21(34-11-6-10(29)27(11)18)32-9-4-2-8(3-5-9)19(33)12-13(22)15(24)17(26)16(25)14(12)23/h2-5,7,11,28H,6H2,1H3/t7-,11-/m1/s1. The third-order valence-corrected chi connectivity index (χ3v) is 6.40. The van der Waals surface area contributed by atoms with E-state index < -0.39 is 51.8 Å². The lowest BCUT2D eigenvalue weighted by atomic mass is 10.0. The van der Waals surface area contributed by atoms with Crippen molar-refractivity contribution in [2.75, 3.05) is 0 Å². The molecule has 1 amide bonds. The van der Waals surface area contributed by atoms with Crippen LogP contribution >= 0.6 is 24.0 Å². The molecule has 2 atom stereocenters. The molecule has 2 heterocycles. The van der Waals surface area contributed by atoms with Gasteiger partial charge in [0, 0.05) is 0 Å². The van der Waals surface area contributed by atoms with Crippen LogP contribution in [0, 0.1) is 29.1 Å². The number of benzene rings is 2. The van der Waals surface area contributed by atoms with Crippen molar-refractivity contribution < 1.29 is 46.1 Å². The second-order valence-corrected chi connectivity index (χ2v) is 8.64. The number of amides is 1. The number of nitrogens with zero attached hydrogens (tertiary/aromatic N) is 1. The fourth-order valence-corrected chi connectivity index (χ4v) is 4.78. The SMILES string of the molecule is C[C@H](O)OC(=O)C1=C(Oc2ccc(C(=S)c3c(F)c(F)c(F)c(F)c3F)cc2)S[C@@H]2CC(=O)N12. The number of thioether (sulfide) groups is 1. The van der Waals surface area contributed by atoms with Crippen LogP contribution in [0.1, 0.15) is 24.5 Å². The molecular weight excluding hydrogens is 505 g/mol. The highest BCUT2D eigenvalue weighted by Crippen LogP contribution is 2.47. The van der Waals surface area contributed by atoms with Gasteiger partial charge in [0.25, 0.3) is 0 Å². The molecule has 2 aromatic rings. The number of aliphatic hydroxyl groups excluding tert-OH is 1. The molecule has 34 heavy (non-hydrogen) atoms.